The topological polar surface area (TPSA) is 80.6 Å². The number of methoxy groups -OCH3 is 2. The zero-order chi connectivity index (χ0) is 17.8. The lowest BCUT2D eigenvalue weighted by molar-refractivity contribution is -0.129. The molecule has 134 valence electrons. The molecule has 1 N–H and O–H groups in total. The molecule has 0 unspecified atom stereocenters. The summed E-state index contributed by atoms with van der Waals surface area (Å²) in [5, 5.41) is 13.0. The van der Waals surface area contributed by atoms with E-state index in [0.29, 0.717) is 31.8 Å². The van der Waals surface area contributed by atoms with Crippen molar-refractivity contribution in [2.24, 2.45) is 5.16 Å². The number of ether oxygens (including phenoxy) is 2. The Labute approximate surface area is 146 Å². The second-order valence-corrected chi connectivity index (χ2v) is 6.16. The number of likely N-dealkylation sites (N-methyl/N-ethyl adjacent to an activating group) is 1. The average Bonchev–Trinajstić information content (AvgIpc) is 2.57. The van der Waals surface area contributed by atoms with Crippen molar-refractivity contribution in [3.05, 3.63) is 29.8 Å². The molecule has 0 heterocycles. The second-order valence-electron chi connectivity index (χ2n) is 4.88. The molecule has 7 nitrogen and oxygen atoms in total. The van der Waals surface area contributed by atoms with Crippen LogP contribution in [0.1, 0.15) is 12.0 Å². The SMILES string of the molecule is COCCCO/N=C(/C(=O)O)c1ccc(SN(C)CCOC)cc1. The lowest BCUT2D eigenvalue weighted by Gasteiger charge is -2.14. The van der Waals surface area contributed by atoms with Crippen LogP contribution in [0.3, 0.4) is 0 Å². The average molecular weight is 356 g/mol. The van der Waals surface area contributed by atoms with E-state index in [1.165, 1.54) is 0 Å². The molecule has 0 aliphatic heterocycles. The molecule has 0 radical (unpaired) electrons. The van der Waals surface area contributed by atoms with Crippen LogP contribution >= 0.6 is 11.9 Å². The van der Waals surface area contributed by atoms with Crippen molar-refractivity contribution in [1.82, 2.24) is 4.31 Å². The van der Waals surface area contributed by atoms with Crippen molar-refractivity contribution < 1.29 is 24.2 Å². The fourth-order valence-electron chi connectivity index (χ4n) is 1.71. The first-order chi connectivity index (χ1) is 11.6. The number of carboxylic acid groups (broad SMARTS) is 1. The van der Waals surface area contributed by atoms with Crippen LogP contribution in [0.4, 0.5) is 0 Å². The maximum atomic E-state index is 11.3. The minimum Gasteiger partial charge on any atom is -0.476 e. The van der Waals surface area contributed by atoms with Gasteiger partial charge in [0, 0.05) is 44.3 Å². The normalized spacial score (nSPS) is 11.8. The van der Waals surface area contributed by atoms with Gasteiger partial charge in [-0.3, -0.25) is 0 Å². The standard InChI is InChI=1S/C16H24N2O5S/c1-18(9-12-22-3)24-14-7-5-13(6-8-14)15(16(19)20)17-23-11-4-10-21-2/h5-8H,4,9-12H2,1-3H3,(H,19,20)/b17-15+. The van der Waals surface area contributed by atoms with Crippen LogP contribution in [-0.4, -0.2) is 68.7 Å². The van der Waals surface area contributed by atoms with Gasteiger partial charge in [0.1, 0.15) is 6.61 Å². The Morgan fingerprint density at radius 2 is 1.83 bits per heavy atom. The van der Waals surface area contributed by atoms with E-state index in [4.69, 9.17) is 14.3 Å². The quantitative estimate of drug-likeness (QED) is 0.266. The maximum absolute atomic E-state index is 11.3. The van der Waals surface area contributed by atoms with Gasteiger partial charge >= 0.3 is 5.97 Å². The predicted octanol–water partition coefficient (Wildman–Crippen LogP) is 2.11. The van der Waals surface area contributed by atoms with Crippen molar-refractivity contribution in [1.29, 1.82) is 0 Å². The van der Waals surface area contributed by atoms with Crippen molar-refractivity contribution in [3.63, 3.8) is 0 Å². The summed E-state index contributed by atoms with van der Waals surface area (Å²) in [6, 6.07) is 7.15. The van der Waals surface area contributed by atoms with Crippen molar-refractivity contribution in [3.8, 4) is 0 Å². The number of hydrogen-bond acceptors (Lipinski definition) is 7. The molecular formula is C16H24N2O5S. The molecule has 24 heavy (non-hydrogen) atoms. The number of aliphatic carboxylic acids is 1. The van der Waals surface area contributed by atoms with Crippen LogP contribution in [0.2, 0.25) is 0 Å². The van der Waals surface area contributed by atoms with E-state index in [-0.39, 0.29) is 5.71 Å². The van der Waals surface area contributed by atoms with E-state index in [1.807, 2.05) is 23.5 Å². The highest BCUT2D eigenvalue weighted by Gasteiger charge is 2.14. The Balaban J connectivity index is 2.65. The largest absolute Gasteiger partial charge is 0.476 e. The van der Waals surface area contributed by atoms with Gasteiger partial charge in [-0.15, -0.1) is 0 Å². The fourth-order valence-corrected chi connectivity index (χ4v) is 2.50. The third-order valence-corrected chi connectivity index (χ3v) is 3.92. The zero-order valence-electron chi connectivity index (χ0n) is 14.2. The van der Waals surface area contributed by atoms with Gasteiger partial charge < -0.3 is 19.4 Å². The third kappa shape index (κ3) is 7.78. The van der Waals surface area contributed by atoms with E-state index in [2.05, 4.69) is 5.16 Å². The summed E-state index contributed by atoms with van der Waals surface area (Å²) in [7, 11) is 5.23. The van der Waals surface area contributed by atoms with E-state index in [1.54, 1.807) is 38.3 Å². The molecular weight excluding hydrogens is 332 g/mol. The van der Waals surface area contributed by atoms with Crippen LogP contribution in [-0.2, 0) is 19.1 Å². The van der Waals surface area contributed by atoms with Crippen LogP contribution in [0.5, 0.6) is 0 Å². The number of nitrogens with zero attached hydrogens (tertiary/aromatic N) is 2. The first kappa shape index (κ1) is 20.4. The molecule has 0 bridgehead atoms. The van der Waals surface area contributed by atoms with Crippen molar-refractivity contribution in [2.45, 2.75) is 11.3 Å². The monoisotopic (exact) mass is 356 g/mol. The number of carboxylic acids is 1. The minimum atomic E-state index is -1.13. The summed E-state index contributed by atoms with van der Waals surface area (Å²) in [6.45, 7) is 2.29. The van der Waals surface area contributed by atoms with Crippen molar-refractivity contribution in [2.75, 3.05) is 47.6 Å². The highest BCUT2D eigenvalue weighted by atomic mass is 32.2. The first-order valence-electron chi connectivity index (χ1n) is 7.49. The van der Waals surface area contributed by atoms with E-state index >= 15 is 0 Å². The van der Waals surface area contributed by atoms with Gasteiger partial charge in [0.2, 0.25) is 0 Å². The van der Waals surface area contributed by atoms with E-state index in [9.17, 15) is 9.90 Å². The minimum absolute atomic E-state index is 0.114. The molecule has 8 heteroatoms. The lowest BCUT2D eigenvalue weighted by atomic mass is 10.1. The Hall–Kier alpha value is -1.61. The summed E-state index contributed by atoms with van der Waals surface area (Å²) in [4.78, 5) is 17.4. The summed E-state index contributed by atoms with van der Waals surface area (Å²) in [5.74, 6) is -1.13. The summed E-state index contributed by atoms with van der Waals surface area (Å²) in [6.07, 6.45) is 0.649. The number of carbonyl (C=O) groups is 1. The van der Waals surface area contributed by atoms with Crippen molar-refractivity contribution >= 4 is 23.6 Å². The molecule has 1 aromatic rings. The Morgan fingerprint density at radius 1 is 1.17 bits per heavy atom. The lowest BCUT2D eigenvalue weighted by Crippen LogP contribution is -2.16. The number of benzene rings is 1. The van der Waals surface area contributed by atoms with Crippen LogP contribution in [0.15, 0.2) is 34.3 Å². The van der Waals surface area contributed by atoms with Gasteiger partial charge in [0.25, 0.3) is 0 Å². The maximum Gasteiger partial charge on any atom is 0.358 e. The first-order valence-corrected chi connectivity index (χ1v) is 8.26. The van der Waals surface area contributed by atoms with Crippen LogP contribution in [0, 0.1) is 0 Å². The molecule has 1 rings (SSSR count). The summed E-state index contributed by atoms with van der Waals surface area (Å²) < 4.78 is 12.0. The third-order valence-electron chi connectivity index (χ3n) is 2.94. The summed E-state index contributed by atoms with van der Waals surface area (Å²) >= 11 is 1.56. The Morgan fingerprint density at radius 3 is 2.42 bits per heavy atom. The van der Waals surface area contributed by atoms with E-state index in [0.717, 1.165) is 11.4 Å². The summed E-state index contributed by atoms with van der Waals surface area (Å²) in [5.41, 5.74) is 0.384. The molecule has 0 spiro atoms. The zero-order valence-corrected chi connectivity index (χ0v) is 15.0. The number of hydrogen-bond donors (Lipinski definition) is 1. The van der Waals surface area contributed by atoms with Gasteiger partial charge in [-0.25, -0.2) is 9.10 Å². The molecule has 0 saturated carbocycles. The molecule has 0 aromatic heterocycles. The number of oxime groups is 1. The molecule has 0 amide bonds. The van der Waals surface area contributed by atoms with Gasteiger partial charge in [-0.05, 0) is 31.1 Å². The fraction of sp³-hybridized carbons (Fsp3) is 0.500. The van der Waals surface area contributed by atoms with Gasteiger partial charge in [0.05, 0.1) is 6.61 Å². The Bertz CT molecular complexity index is 522. The van der Waals surface area contributed by atoms with Gasteiger partial charge in [-0.2, -0.15) is 0 Å². The molecule has 1 aromatic carbocycles. The van der Waals surface area contributed by atoms with Gasteiger partial charge in [-0.1, -0.05) is 17.3 Å². The smallest absolute Gasteiger partial charge is 0.358 e. The highest BCUT2D eigenvalue weighted by Crippen LogP contribution is 2.21. The predicted molar refractivity (Wildman–Crippen MR) is 93.4 cm³/mol. The van der Waals surface area contributed by atoms with E-state index < -0.39 is 5.97 Å². The Kier molecular flexibility index (Phi) is 10.1. The second kappa shape index (κ2) is 11.9. The molecule has 0 aliphatic carbocycles. The number of rotatable bonds is 12. The molecule has 0 aliphatic rings. The van der Waals surface area contributed by atoms with Crippen LogP contribution in [0.25, 0.3) is 0 Å². The molecule has 0 fully saturated rings. The van der Waals surface area contributed by atoms with Crippen LogP contribution < -0.4 is 0 Å². The van der Waals surface area contributed by atoms with Gasteiger partial charge in [0.15, 0.2) is 5.71 Å². The highest BCUT2D eigenvalue weighted by molar-refractivity contribution is 7.97. The molecule has 0 saturated heterocycles. The molecule has 0 atom stereocenters.